The maximum Gasteiger partial charge on any atom is 0.303 e. The van der Waals surface area contributed by atoms with Crippen LogP contribution >= 0.6 is 0 Å². The molecule has 1 unspecified atom stereocenters. The van der Waals surface area contributed by atoms with Crippen molar-refractivity contribution in [2.75, 3.05) is 13.7 Å². The van der Waals surface area contributed by atoms with Crippen molar-refractivity contribution >= 4 is 11.9 Å². The fourth-order valence-electron chi connectivity index (χ4n) is 3.01. The maximum atomic E-state index is 13.0. The number of aliphatic carboxylic acids is 1. The van der Waals surface area contributed by atoms with Crippen LogP contribution in [0.5, 0.6) is 5.75 Å². The van der Waals surface area contributed by atoms with Crippen LogP contribution in [-0.2, 0) is 22.6 Å². The SMILES string of the molecule is COc1ccc(CC(C)C(=O)N(CCCC(=O)O)Cc2ccccc2)cc1. The van der Waals surface area contributed by atoms with Crippen LogP contribution in [0, 0.1) is 5.92 Å². The Balaban J connectivity index is 2.04. The number of benzene rings is 2. The first-order chi connectivity index (χ1) is 13.0. The zero-order valence-electron chi connectivity index (χ0n) is 15.9. The van der Waals surface area contributed by atoms with E-state index in [0.717, 1.165) is 16.9 Å². The summed E-state index contributed by atoms with van der Waals surface area (Å²) in [5.74, 6) is -0.197. The number of hydrogen-bond acceptors (Lipinski definition) is 3. The van der Waals surface area contributed by atoms with Gasteiger partial charge in [0.1, 0.15) is 5.75 Å². The molecule has 0 bridgehead atoms. The number of carboxylic acid groups (broad SMARTS) is 1. The second-order valence-electron chi connectivity index (χ2n) is 6.70. The number of amides is 1. The van der Waals surface area contributed by atoms with E-state index in [2.05, 4.69) is 0 Å². The van der Waals surface area contributed by atoms with Crippen molar-refractivity contribution in [3.8, 4) is 5.75 Å². The van der Waals surface area contributed by atoms with E-state index in [1.165, 1.54) is 0 Å². The summed E-state index contributed by atoms with van der Waals surface area (Å²) in [6.07, 6.45) is 1.14. The summed E-state index contributed by atoms with van der Waals surface area (Å²) in [6.45, 7) is 2.85. The Morgan fingerprint density at radius 3 is 2.30 bits per heavy atom. The van der Waals surface area contributed by atoms with Crippen molar-refractivity contribution < 1.29 is 19.4 Å². The van der Waals surface area contributed by atoms with Crippen molar-refractivity contribution in [2.45, 2.75) is 32.7 Å². The monoisotopic (exact) mass is 369 g/mol. The van der Waals surface area contributed by atoms with Gasteiger partial charge in [-0.15, -0.1) is 0 Å². The van der Waals surface area contributed by atoms with E-state index in [9.17, 15) is 9.59 Å². The Morgan fingerprint density at radius 1 is 1.04 bits per heavy atom. The van der Waals surface area contributed by atoms with Crippen LogP contribution in [-0.4, -0.2) is 35.5 Å². The molecule has 27 heavy (non-hydrogen) atoms. The van der Waals surface area contributed by atoms with E-state index in [0.29, 0.717) is 25.9 Å². The maximum absolute atomic E-state index is 13.0. The van der Waals surface area contributed by atoms with E-state index >= 15 is 0 Å². The van der Waals surface area contributed by atoms with Gasteiger partial charge in [-0.05, 0) is 36.1 Å². The van der Waals surface area contributed by atoms with Gasteiger partial charge >= 0.3 is 5.97 Å². The molecule has 1 N–H and O–H groups in total. The van der Waals surface area contributed by atoms with E-state index in [4.69, 9.17) is 9.84 Å². The van der Waals surface area contributed by atoms with Gasteiger partial charge in [0, 0.05) is 25.4 Å². The van der Waals surface area contributed by atoms with Crippen molar-refractivity contribution in [3.05, 3.63) is 65.7 Å². The average molecular weight is 369 g/mol. The molecular formula is C22H27NO4. The van der Waals surface area contributed by atoms with E-state index in [1.54, 1.807) is 12.0 Å². The van der Waals surface area contributed by atoms with Crippen LogP contribution in [0.4, 0.5) is 0 Å². The Kier molecular flexibility index (Phi) is 7.86. The van der Waals surface area contributed by atoms with Gasteiger partial charge < -0.3 is 14.7 Å². The quantitative estimate of drug-likeness (QED) is 0.692. The molecule has 2 rings (SSSR count). The van der Waals surface area contributed by atoms with Gasteiger partial charge in [0.05, 0.1) is 7.11 Å². The number of ether oxygens (including phenoxy) is 1. The molecule has 0 radical (unpaired) electrons. The third kappa shape index (κ3) is 6.77. The van der Waals surface area contributed by atoms with Crippen LogP contribution in [0.2, 0.25) is 0 Å². The third-order valence-corrected chi connectivity index (χ3v) is 4.47. The lowest BCUT2D eigenvalue weighted by Crippen LogP contribution is -2.36. The number of carbonyl (C=O) groups is 2. The van der Waals surface area contributed by atoms with Crippen molar-refractivity contribution in [3.63, 3.8) is 0 Å². The first-order valence-corrected chi connectivity index (χ1v) is 9.17. The summed E-state index contributed by atoms with van der Waals surface area (Å²) in [5, 5.41) is 8.89. The second kappa shape index (κ2) is 10.4. The molecule has 0 aliphatic rings. The second-order valence-corrected chi connectivity index (χ2v) is 6.70. The Hall–Kier alpha value is -2.82. The minimum absolute atomic E-state index is 0.0417. The first kappa shape index (κ1) is 20.5. The number of carbonyl (C=O) groups excluding carboxylic acids is 1. The zero-order valence-corrected chi connectivity index (χ0v) is 15.9. The number of methoxy groups -OCH3 is 1. The van der Waals surface area contributed by atoms with E-state index < -0.39 is 5.97 Å². The normalized spacial score (nSPS) is 11.6. The number of carboxylic acids is 1. The highest BCUT2D eigenvalue weighted by molar-refractivity contribution is 5.79. The predicted octanol–water partition coefficient (Wildman–Crippen LogP) is 3.77. The lowest BCUT2D eigenvalue weighted by molar-refractivity contribution is -0.139. The van der Waals surface area contributed by atoms with Gasteiger partial charge in [-0.3, -0.25) is 9.59 Å². The largest absolute Gasteiger partial charge is 0.497 e. The number of hydrogen-bond donors (Lipinski definition) is 1. The summed E-state index contributed by atoms with van der Waals surface area (Å²) in [7, 11) is 1.62. The van der Waals surface area contributed by atoms with Gasteiger partial charge in [0.2, 0.25) is 5.91 Å². The molecule has 0 aromatic heterocycles. The molecule has 144 valence electrons. The van der Waals surface area contributed by atoms with Crippen LogP contribution in [0.25, 0.3) is 0 Å². The molecule has 0 saturated carbocycles. The molecule has 2 aromatic carbocycles. The van der Waals surface area contributed by atoms with Crippen LogP contribution < -0.4 is 4.74 Å². The predicted molar refractivity (Wildman–Crippen MR) is 105 cm³/mol. The highest BCUT2D eigenvalue weighted by Crippen LogP contribution is 2.17. The highest BCUT2D eigenvalue weighted by Gasteiger charge is 2.21. The van der Waals surface area contributed by atoms with Crippen molar-refractivity contribution in [1.29, 1.82) is 0 Å². The molecule has 0 heterocycles. The number of nitrogens with zero attached hydrogens (tertiary/aromatic N) is 1. The van der Waals surface area contributed by atoms with Crippen molar-refractivity contribution in [1.82, 2.24) is 4.90 Å². The fourth-order valence-corrected chi connectivity index (χ4v) is 3.01. The topological polar surface area (TPSA) is 66.8 Å². The molecule has 0 aliphatic carbocycles. The Labute approximate surface area is 160 Å². The lowest BCUT2D eigenvalue weighted by Gasteiger charge is -2.26. The summed E-state index contributed by atoms with van der Waals surface area (Å²) in [6, 6.07) is 17.5. The van der Waals surface area contributed by atoms with Crippen LogP contribution in [0.1, 0.15) is 30.9 Å². The summed E-state index contributed by atoms with van der Waals surface area (Å²) >= 11 is 0. The Bertz CT molecular complexity index is 728. The molecule has 2 aromatic rings. The van der Waals surface area contributed by atoms with Crippen LogP contribution in [0.3, 0.4) is 0 Å². The number of rotatable bonds is 10. The van der Waals surface area contributed by atoms with Crippen LogP contribution in [0.15, 0.2) is 54.6 Å². The van der Waals surface area contributed by atoms with Gasteiger partial charge in [-0.2, -0.15) is 0 Å². The van der Waals surface area contributed by atoms with E-state index in [-0.39, 0.29) is 18.2 Å². The van der Waals surface area contributed by atoms with E-state index in [1.807, 2.05) is 61.5 Å². The molecule has 1 amide bonds. The highest BCUT2D eigenvalue weighted by atomic mass is 16.5. The third-order valence-electron chi connectivity index (χ3n) is 4.47. The minimum Gasteiger partial charge on any atom is -0.497 e. The lowest BCUT2D eigenvalue weighted by atomic mass is 9.99. The van der Waals surface area contributed by atoms with Gasteiger partial charge in [-0.25, -0.2) is 0 Å². The molecule has 0 saturated heterocycles. The molecule has 5 nitrogen and oxygen atoms in total. The molecule has 0 spiro atoms. The first-order valence-electron chi connectivity index (χ1n) is 9.17. The summed E-state index contributed by atoms with van der Waals surface area (Å²) in [4.78, 5) is 25.6. The molecular weight excluding hydrogens is 342 g/mol. The smallest absolute Gasteiger partial charge is 0.303 e. The Morgan fingerprint density at radius 2 is 1.70 bits per heavy atom. The molecule has 0 aliphatic heterocycles. The summed E-state index contributed by atoms with van der Waals surface area (Å²) in [5.41, 5.74) is 2.11. The molecule has 5 heteroatoms. The standard InChI is InChI=1S/C22H27NO4/c1-17(15-18-10-12-20(27-2)13-11-18)22(26)23(14-6-9-21(24)25)16-19-7-4-3-5-8-19/h3-5,7-8,10-13,17H,6,9,14-16H2,1-2H3,(H,24,25). The van der Waals surface area contributed by atoms with Gasteiger partial charge in [0.15, 0.2) is 0 Å². The van der Waals surface area contributed by atoms with Gasteiger partial charge in [-0.1, -0.05) is 49.4 Å². The fraction of sp³-hybridized carbons (Fsp3) is 0.364. The van der Waals surface area contributed by atoms with Crippen molar-refractivity contribution in [2.24, 2.45) is 5.92 Å². The average Bonchev–Trinajstić information content (AvgIpc) is 2.67. The minimum atomic E-state index is -0.839. The molecule has 0 fully saturated rings. The van der Waals surface area contributed by atoms with Gasteiger partial charge in [0.25, 0.3) is 0 Å². The zero-order chi connectivity index (χ0) is 19.6. The molecule has 1 atom stereocenters. The summed E-state index contributed by atoms with van der Waals surface area (Å²) < 4.78 is 5.17.